The Bertz CT molecular complexity index is 1340. The first-order valence-corrected chi connectivity index (χ1v) is 14.8. The van der Waals surface area contributed by atoms with Gasteiger partial charge in [0.05, 0.1) is 0 Å². The maximum absolute atomic E-state index is 13.3. The summed E-state index contributed by atoms with van der Waals surface area (Å²) in [5.74, 6) is -0.713. The molecule has 2 unspecified atom stereocenters. The van der Waals surface area contributed by atoms with Crippen molar-refractivity contribution >= 4 is 27.2 Å². The molecule has 3 aromatic carbocycles. The summed E-state index contributed by atoms with van der Waals surface area (Å²) in [7, 11) is -3.41. The number of hydrogen-bond acceptors (Lipinski definition) is 5. The van der Waals surface area contributed by atoms with Crippen molar-refractivity contribution in [1.82, 2.24) is 0 Å². The Labute approximate surface area is 223 Å². The molecule has 0 radical (unpaired) electrons. The SMILES string of the molecule is CS(=O)(=O)CC(=O)C1CC[C@H](C(=O)Nc2ccc(Oc3ccc(F)cc3)cc2)CC(Cc2ccccc2)C1. The van der Waals surface area contributed by atoms with Crippen LogP contribution >= 0.6 is 0 Å². The maximum atomic E-state index is 13.3. The van der Waals surface area contributed by atoms with Gasteiger partial charge >= 0.3 is 0 Å². The number of halogens is 1. The smallest absolute Gasteiger partial charge is 0.227 e. The van der Waals surface area contributed by atoms with Crippen molar-refractivity contribution in [1.29, 1.82) is 0 Å². The van der Waals surface area contributed by atoms with Gasteiger partial charge in [-0.2, -0.15) is 0 Å². The molecule has 1 saturated carbocycles. The van der Waals surface area contributed by atoms with Gasteiger partial charge in [0.2, 0.25) is 5.91 Å². The van der Waals surface area contributed by atoms with Crippen LogP contribution in [0.1, 0.15) is 31.2 Å². The number of carbonyl (C=O) groups excluding carboxylic acids is 2. The fourth-order valence-corrected chi connectivity index (χ4v) is 5.80. The van der Waals surface area contributed by atoms with E-state index in [0.29, 0.717) is 42.9 Å². The van der Waals surface area contributed by atoms with Crippen LogP contribution in [0.25, 0.3) is 0 Å². The van der Waals surface area contributed by atoms with E-state index in [2.05, 4.69) is 5.32 Å². The summed E-state index contributed by atoms with van der Waals surface area (Å²) >= 11 is 0. The molecule has 0 aliphatic heterocycles. The van der Waals surface area contributed by atoms with Crippen LogP contribution < -0.4 is 10.1 Å². The Hall–Kier alpha value is -3.52. The third-order valence-electron chi connectivity index (χ3n) is 6.87. The van der Waals surface area contributed by atoms with Crippen molar-refractivity contribution in [3.8, 4) is 11.5 Å². The number of ketones is 1. The van der Waals surface area contributed by atoms with E-state index in [1.165, 1.54) is 24.3 Å². The number of benzene rings is 3. The molecule has 1 amide bonds. The van der Waals surface area contributed by atoms with Gasteiger partial charge < -0.3 is 10.1 Å². The molecule has 1 fully saturated rings. The number of sulfone groups is 1. The molecule has 0 saturated heterocycles. The second-order valence-corrected chi connectivity index (χ2v) is 12.2. The summed E-state index contributed by atoms with van der Waals surface area (Å²) in [5, 5.41) is 2.98. The normalized spacial score (nSPS) is 19.8. The average Bonchev–Trinajstić information content (AvgIpc) is 3.09. The van der Waals surface area contributed by atoms with E-state index < -0.39 is 15.6 Å². The summed E-state index contributed by atoms with van der Waals surface area (Å²) in [5.41, 5.74) is 1.75. The largest absolute Gasteiger partial charge is 0.457 e. The zero-order chi connectivity index (χ0) is 27.1. The van der Waals surface area contributed by atoms with Crippen molar-refractivity contribution in [2.75, 3.05) is 17.3 Å². The summed E-state index contributed by atoms with van der Waals surface area (Å²) < 4.78 is 42.3. The first-order valence-electron chi connectivity index (χ1n) is 12.7. The van der Waals surface area contributed by atoms with Crippen LogP contribution in [-0.4, -0.2) is 32.1 Å². The molecule has 1 aliphatic rings. The Morgan fingerprint density at radius 2 is 1.45 bits per heavy atom. The van der Waals surface area contributed by atoms with Crippen molar-refractivity contribution in [2.45, 2.75) is 32.1 Å². The number of anilines is 1. The second kappa shape index (κ2) is 12.3. The highest BCUT2D eigenvalue weighted by Gasteiger charge is 2.33. The molecule has 1 N–H and O–H groups in total. The highest BCUT2D eigenvalue weighted by molar-refractivity contribution is 7.91. The molecule has 0 spiro atoms. The van der Waals surface area contributed by atoms with Crippen molar-refractivity contribution < 1.29 is 27.1 Å². The minimum absolute atomic E-state index is 0.0793. The molecule has 3 aromatic rings. The van der Waals surface area contributed by atoms with Crippen LogP contribution in [0.3, 0.4) is 0 Å². The quantitative estimate of drug-likeness (QED) is 0.347. The predicted molar refractivity (Wildman–Crippen MR) is 145 cm³/mol. The second-order valence-electron chi connectivity index (χ2n) is 10.1. The lowest BCUT2D eigenvalue weighted by Gasteiger charge is -2.21. The summed E-state index contributed by atoms with van der Waals surface area (Å²) in [6, 6.07) is 22.6. The van der Waals surface area contributed by atoms with E-state index in [4.69, 9.17) is 4.74 Å². The zero-order valence-electron chi connectivity index (χ0n) is 21.3. The topological polar surface area (TPSA) is 89.5 Å². The van der Waals surface area contributed by atoms with Crippen molar-refractivity contribution in [2.24, 2.45) is 17.8 Å². The first kappa shape index (κ1) is 27.5. The van der Waals surface area contributed by atoms with Gasteiger partial charge in [-0.25, -0.2) is 12.8 Å². The molecule has 4 rings (SSSR count). The van der Waals surface area contributed by atoms with E-state index in [0.717, 1.165) is 18.2 Å². The van der Waals surface area contributed by atoms with Crippen LogP contribution in [0.15, 0.2) is 78.9 Å². The predicted octanol–water partition coefficient (Wildman–Crippen LogP) is 5.84. The molecule has 0 bridgehead atoms. The summed E-state index contributed by atoms with van der Waals surface area (Å²) in [4.78, 5) is 26.1. The molecule has 6 nitrogen and oxygen atoms in total. The number of carbonyl (C=O) groups is 2. The lowest BCUT2D eigenvalue weighted by Crippen LogP contribution is -2.24. The van der Waals surface area contributed by atoms with Crippen LogP contribution in [-0.2, 0) is 25.8 Å². The van der Waals surface area contributed by atoms with Gasteiger partial charge in [-0.05, 0) is 92.1 Å². The fourth-order valence-electron chi connectivity index (χ4n) is 5.05. The standard InChI is InChI=1S/C30H32FNO5S/c1-38(35,36)20-29(33)23-7-8-24(19-22(18-23)17-21-5-3-2-4-6-21)30(34)32-26-11-15-28(16-12-26)37-27-13-9-25(31)10-14-27/h2-6,9-16,22-24H,7-8,17-20H2,1H3,(H,32,34)/t22?,23?,24-/m0/s1. The van der Waals surface area contributed by atoms with E-state index in [1.54, 1.807) is 24.3 Å². The van der Waals surface area contributed by atoms with Gasteiger partial charge in [-0.3, -0.25) is 9.59 Å². The van der Waals surface area contributed by atoms with Gasteiger partial charge in [0.25, 0.3) is 0 Å². The highest BCUT2D eigenvalue weighted by atomic mass is 32.2. The molecule has 0 aromatic heterocycles. The van der Waals surface area contributed by atoms with Crippen LogP contribution in [0.5, 0.6) is 11.5 Å². The number of Topliss-reactive ketones (excluding diaryl/α,β-unsaturated/α-hetero) is 1. The number of rotatable bonds is 9. The molecule has 1 aliphatic carbocycles. The van der Waals surface area contributed by atoms with Crippen LogP contribution in [0.2, 0.25) is 0 Å². The van der Waals surface area contributed by atoms with Crippen molar-refractivity contribution in [3.63, 3.8) is 0 Å². The Kier molecular flexibility index (Phi) is 8.94. The highest BCUT2D eigenvalue weighted by Crippen LogP contribution is 2.35. The third kappa shape index (κ3) is 8.25. The van der Waals surface area contributed by atoms with E-state index in [-0.39, 0.29) is 35.3 Å². The molecule has 3 atom stereocenters. The number of nitrogens with one attached hydrogen (secondary N) is 1. The molecule has 38 heavy (non-hydrogen) atoms. The van der Waals surface area contributed by atoms with E-state index >= 15 is 0 Å². The van der Waals surface area contributed by atoms with Gasteiger partial charge in [0.1, 0.15) is 23.1 Å². The molecule has 0 heterocycles. The Morgan fingerprint density at radius 3 is 2.08 bits per heavy atom. The maximum Gasteiger partial charge on any atom is 0.227 e. The average molecular weight is 538 g/mol. The summed E-state index contributed by atoms with van der Waals surface area (Å²) in [6.45, 7) is 0. The molecular formula is C30H32FNO5S. The lowest BCUT2D eigenvalue weighted by atomic mass is 9.85. The van der Waals surface area contributed by atoms with Gasteiger partial charge in [0.15, 0.2) is 15.6 Å². The Balaban J connectivity index is 1.42. The lowest BCUT2D eigenvalue weighted by molar-refractivity contribution is -0.122. The van der Waals surface area contributed by atoms with Gasteiger partial charge in [0, 0.05) is 23.8 Å². The van der Waals surface area contributed by atoms with E-state index in [1.807, 2.05) is 30.3 Å². The van der Waals surface area contributed by atoms with Crippen molar-refractivity contribution in [3.05, 3.63) is 90.2 Å². The number of hydrogen-bond donors (Lipinski definition) is 1. The molecular weight excluding hydrogens is 505 g/mol. The minimum atomic E-state index is -3.41. The first-order chi connectivity index (χ1) is 18.1. The van der Waals surface area contributed by atoms with Crippen LogP contribution in [0.4, 0.5) is 10.1 Å². The molecule has 8 heteroatoms. The Morgan fingerprint density at radius 1 is 0.868 bits per heavy atom. The number of amides is 1. The van der Waals surface area contributed by atoms with Crippen LogP contribution in [0, 0.1) is 23.6 Å². The third-order valence-corrected chi connectivity index (χ3v) is 7.68. The number of ether oxygens (including phenoxy) is 1. The van der Waals surface area contributed by atoms with E-state index in [9.17, 15) is 22.4 Å². The monoisotopic (exact) mass is 537 g/mol. The van der Waals surface area contributed by atoms with Gasteiger partial charge in [-0.1, -0.05) is 30.3 Å². The fraction of sp³-hybridized carbons (Fsp3) is 0.333. The zero-order valence-corrected chi connectivity index (χ0v) is 22.1. The molecule has 200 valence electrons. The van der Waals surface area contributed by atoms with Gasteiger partial charge in [-0.15, -0.1) is 0 Å². The minimum Gasteiger partial charge on any atom is -0.457 e. The summed E-state index contributed by atoms with van der Waals surface area (Å²) in [6.07, 6.45) is 4.00.